The van der Waals surface area contributed by atoms with E-state index in [1.807, 2.05) is 0 Å². The van der Waals surface area contributed by atoms with Crippen LogP contribution >= 0.6 is 11.3 Å². The average molecular weight is 418 g/mol. The van der Waals surface area contributed by atoms with Gasteiger partial charge in [0.15, 0.2) is 0 Å². The van der Waals surface area contributed by atoms with Gasteiger partial charge in [0.1, 0.15) is 21.9 Å². The number of anilines is 1. The fourth-order valence-electron chi connectivity index (χ4n) is 3.11. The highest BCUT2D eigenvalue weighted by atomic mass is 32.2. The van der Waals surface area contributed by atoms with Crippen LogP contribution in [-0.2, 0) is 10.0 Å². The van der Waals surface area contributed by atoms with Crippen LogP contribution in [0.4, 0.5) is 5.69 Å². The van der Waals surface area contributed by atoms with Crippen LogP contribution in [0.25, 0.3) is 5.82 Å². The van der Waals surface area contributed by atoms with Gasteiger partial charge in [-0.3, -0.25) is 9.36 Å². The van der Waals surface area contributed by atoms with Crippen molar-refractivity contribution < 1.29 is 13.2 Å². The third-order valence-corrected chi connectivity index (χ3v) is 7.53. The summed E-state index contributed by atoms with van der Waals surface area (Å²) in [6.45, 7) is 0.998. The second-order valence-corrected chi connectivity index (χ2v) is 9.23. The van der Waals surface area contributed by atoms with Crippen LogP contribution in [0, 0.1) is 0 Å². The number of carbonyl (C=O) groups excluding carboxylic acids is 1. The molecule has 1 saturated heterocycles. The molecule has 3 aromatic rings. The topological polar surface area (TPSA) is 97.2 Å². The molecule has 0 bridgehead atoms. The number of nitrogens with one attached hydrogen (secondary N) is 1. The van der Waals surface area contributed by atoms with E-state index in [1.165, 1.54) is 16.6 Å². The minimum Gasteiger partial charge on any atom is -0.320 e. The molecule has 28 heavy (non-hydrogen) atoms. The Kier molecular flexibility index (Phi) is 5.25. The number of amides is 1. The van der Waals surface area contributed by atoms with Gasteiger partial charge in [0.25, 0.3) is 5.91 Å². The van der Waals surface area contributed by atoms with Crippen molar-refractivity contribution in [3.05, 3.63) is 53.4 Å². The molecule has 1 N–H and O–H groups in total. The van der Waals surface area contributed by atoms with Crippen LogP contribution in [0.15, 0.2) is 53.4 Å². The lowest BCUT2D eigenvalue weighted by Gasteiger charge is -2.25. The highest BCUT2D eigenvalue weighted by molar-refractivity contribution is 7.89. The number of hydrogen-bond acceptors (Lipinski definition) is 6. The zero-order valence-corrected chi connectivity index (χ0v) is 16.6. The predicted molar refractivity (Wildman–Crippen MR) is 106 cm³/mol. The molecule has 3 aromatic heterocycles. The van der Waals surface area contributed by atoms with E-state index in [0.717, 1.165) is 30.6 Å². The Balaban J connectivity index is 1.52. The van der Waals surface area contributed by atoms with E-state index in [2.05, 4.69) is 15.3 Å². The smallest absolute Gasteiger partial charge is 0.267 e. The van der Waals surface area contributed by atoms with Crippen molar-refractivity contribution in [1.29, 1.82) is 0 Å². The molecule has 8 nitrogen and oxygen atoms in total. The number of rotatable bonds is 5. The largest absolute Gasteiger partial charge is 0.320 e. The van der Waals surface area contributed by atoms with Crippen LogP contribution in [0.2, 0.25) is 0 Å². The SMILES string of the molecule is O=C(Nc1ccc(-n2ccnc2)nc1)c1sccc1S(=O)(=O)N1CCCCC1. The van der Waals surface area contributed by atoms with Crippen molar-refractivity contribution in [3.8, 4) is 5.82 Å². The lowest BCUT2D eigenvalue weighted by molar-refractivity contribution is 0.102. The Bertz CT molecular complexity index is 1050. The third kappa shape index (κ3) is 3.71. The van der Waals surface area contributed by atoms with Gasteiger partial charge in [0.05, 0.1) is 11.9 Å². The quantitative estimate of drug-likeness (QED) is 0.688. The number of carbonyl (C=O) groups is 1. The Hall–Kier alpha value is -2.56. The summed E-state index contributed by atoms with van der Waals surface area (Å²) in [6, 6.07) is 4.97. The van der Waals surface area contributed by atoms with E-state index in [-0.39, 0.29) is 9.77 Å². The maximum absolute atomic E-state index is 12.9. The van der Waals surface area contributed by atoms with E-state index in [4.69, 9.17) is 0 Å². The molecule has 1 aliphatic heterocycles. The Morgan fingerprint density at radius 1 is 1.14 bits per heavy atom. The average Bonchev–Trinajstić information content (AvgIpc) is 3.42. The predicted octanol–water partition coefficient (Wildman–Crippen LogP) is 2.76. The zero-order chi connectivity index (χ0) is 19.6. The molecule has 1 fully saturated rings. The van der Waals surface area contributed by atoms with Crippen molar-refractivity contribution in [2.24, 2.45) is 0 Å². The van der Waals surface area contributed by atoms with Crippen molar-refractivity contribution >= 4 is 33.0 Å². The van der Waals surface area contributed by atoms with Gasteiger partial charge in [-0.25, -0.2) is 18.4 Å². The maximum atomic E-state index is 12.9. The molecule has 1 aliphatic rings. The molecule has 0 aliphatic carbocycles. The van der Waals surface area contributed by atoms with Crippen molar-refractivity contribution in [2.75, 3.05) is 18.4 Å². The van der Waals surface area contributed by atoms with Gasteiger partial charge >= 0.3 is 0 Å². The lowest BCUT2D eigenvalue weighted by atomic mass is 10.2. The van der Waals surface area contributed by atoms with E-state index >= 15 is 0 Å². The number of nitrogens with zero attached hydrogens (tertiary/aromatic N) is 4. The first-order valence-corrected chi connectivity index (χ1v) is 11.2. The first kappa shape index (κ1) is 18.8. The summed E-state index contributed by atoms with van der Waals surface area (Å²) < 4.78 is 29.1. The molecule has 10 heteroatoms. The number of sulfonamides is 1. The summed E-state index contributed by atoms with van der Waals surface area (Å²) >= 11 is 1.12. The van der Waals surface area contributed by atoms with Gasteiger partial charge < -0.3 is 5.32 Å². The van der Waals surface area contributed by atoms with Gasteiger partial charge in [-0.15, -0.1) is 11.3 Å². The lowest BCUT2D eigenvalue weighted by Crippen LogP contribution is -2.36. The summed E-state index contributed by atoms with van der Waals surface area (Å²) in [6.07, 6.45) is 9.30. The molecule has 0 radical (unpaired) electrons. The van der Waals surface area contributed by atoms with Crippen molar-refractivity contribution in [3.63, 3.8) is 0 Å². The molecule has 0 atom stereocenters. The second kappa shape index (κ2) is 7.82. The highest BCUT2D eigenvalue weighted by Gasteiger charge is 2.31. The number of aromatic nitrogens is 3. The fraction of sp³-hybridized carbons (Fsp3) is 0.278. The summed E-state index contributed by atoms with van der Waals surface area (Å²) in [5.41, 5.74) is 0.489. The zero-order valence-electron chi connectivity index (χ0n) is 15.0. The number of pyridine rings is 1. The maximum Gasteiger partial charge on any atom is 0.267 e. The Labute approximate surface area is 166 Å². The van der Waals surface area contributed by atoms with Crippen LogP contribution in [0.3, 0.4) is 0 Å². The number of hydrogen-bond donors (Lipinski definition) is 1. The monoisotopic (exact) mass is 417 g/mol. The minimum atomic E-state index is -3.67. The Morgan fingerprint density at radius 3 is 2.64 bits per heavy atom. The van der Waals surface area contributed by atoms with E-state index in [9.17, 15) is 13.2 Å². The molecule has 146 valence electrons. The summed E-state index contributed by atoms with van der Waals surface area (Å²) in [5.74, 6) is 0.211. The number of thiophene rings is 1. The molecule has 0 saturated carbocycles. The van der Waals surface area contributed by atoms with Crippen LogP contribution in [0.1, 0.15) is 28.9 Å². The number of imidazole rings is 1. The van der Waals surface area contributed by atoms with E-state index in [1.54, 1.807) is 40.8 Å². The van der Waals surface area contributed by atoms with Gasteiger partial charge in [0.2, 0.25) is 10.0 Å². The summed E-state index contributed by atoms with van der Waals surface area (Å²) in [5, 5.41) is 4.36. The van der Waals surface area contributed by atoms with Gasteiger partial charge in [-0.1, -0.05) is 6.42 Å². The molecule has 4 heterocycles. The van der Waals surface area contributed by atoms with E-state index in [0.29, 0.717) is 24.6 Å². The standard InChI is InChI=1S/C18H19N5O3S2/c24-18(21-14-4-5-16(20-12-14)22-10-7-19-13-22)17-15(6-11-27-17)28(25,26)23-8-2-1-3-9-23/h4-7,10-13H,1-3,8-9H2,(H,21,24). The third-order valence-electron chi connectivity index (χ3n) is 4.54. The van der Waals surface area contributed by atoms with Crippen LogP contribution in [-0.4, -0.2) is 46.3 Å². The normalized spacial score (nSPS) is 15.4. The van der Waals surface area contributed by atoms with Crippen molar-refractivity contribution in [1.82, 2.24) is 18.8 Å². The highest BCUT2D eigenvalue weighted by Crippen LogP contribution is 2.28. The number of piperidine rings is 1. The first-order valence-electron chi connectivity index (χ1n) is 8.89. The van der Waals surface area contributed by atoms with Gasteiger partial charge in [-0.05, 0) is 36.4 Å². The van der Waals surface area contributed by atoms with Crippen molar-refractivity contribution in [2.45, 2.75) is 24.2 Å². The summed E-state index contributed by atoms with van der Waals surface area (Å²) in [7, 11) is -3.67. The Morgan fingerprint density at radius 2 is 1.96 bits per heavy atom. The van der Waals surface area contributed by atoms with Gasteiger partial charge in [-0.2, -0.15) is 4.31 Å². The minimum absolute atomic E-state index is 0.0693. The molecule has 0 unspecified atom stereocenters. The second-order valence-electron chi connectivity index (χ2n) is 6.41. The van der Waals surface area contributed by atoms with Gasteiger partial charge in [0, 0.05) is 25.5 Å². The first-order chi connectivity index (χ1) is 13.6. The molecule has 0 aromatic carbocycles. The fourth-order valence-corrected chi connectivity index (χ4v) is 5.92. The van der Waals surface area contributed by atoms with Crippen LogP contribution < -0.4 is 5.32 Å². The van der Waals surface area contributed by atoms with Crippen LogP contribution in [0.5, 0.6) is 0 Å². The molecular weight excluding hydrogens is 398 g/mol. The summed E-state index contributed by atoms with van der Waals surface area (Å²) in [4.78, 5) is 21.2. The molecular formula is C18H19N5O3S2. The molecule has 1 amide bonds. The molecule has 4 rings (SSSR count). The van der Waals surface area contributed by atoms with E-state index < -0.39 is 15.9 Å². The molecule has 0 spiro atoms.